The van der Waals surface area contributed by atoms with E-state index in [0.29, 0.717) is 32.7 Å². The first-order valence-corrected chi connectivity index (χ1v) is 10.0. The van der Waals surface area contributed by atoms with Crippen LogP contribution in [-0.4, -0.2) is 60.8 Å². The van der Waals surface area contributed by atoms with Crippen molar-refractivity contribution in [3.8, 4) is 0 Å². The molecule has 0 aromatic heterocycles. The average Bonchev–Trinajstić information content (AvgIpc) is 3.09. The van der Waals surface area contributed by atoms with Gasteiger partial charge in [0, 0.05) is 24.7 Å². The first-order chi connectivity index (χ1) is 12.5. The van der Waals surface area contributed by atoms with E-state index in [4.69, 9.17) is 28.4 Å². The SMILES string of the molecule is CC(=O)O[C@@]12CO[C@@H]1CC1(OCCO1)[C@@]1(C)C[C@@H]3OC(C)(C)O[C@]3(C)C[C@@H]21. The van der Waals surface area contributed by atoms with E-state index >= 15 is 0 Å². The Bertz CT molecular complexity index is 671. The first kappa shape index (κ1) is 18.3. The van der Waals surface area contributed by atoms with Gasteiger partial charge in [0.1, 0.15) is 6.10 Å². The summed E-state index contributed by atoms with van der Waals surface area (Å²) in [6, 6.07) is 0. The summed E-state index contributed by atoms with van der Waals surface area (Å²) in [6.45, 7) is 11.3. The van der Waals surface area contributed by atoms with E-state index in [1.54, 1.807) is 0 Å². The van der Waals surface area contributed by atoms with E-state index in [9.17, 15) is 4.79 Å². The van der Waals surface area contributed by atoms with E-state index in [1.165, 1.54) is 6.92 Å². The molecule has 152 valence electrons. The number of carbonyl (C=O) groups excluding carboxylic acids is 1. The van der Waals surface area contributed by atoms with Gasteiger partial charge in [-0.2, -0.15) is 0 Å². The Kier molecular flexibility index (Phi) is 3.56. The number of hydrogen-bond donors (Lipinski definition) is 0. The Morgan fingerprint density at radius 3 is 2.30 bits per heavy atom. The van der Waals surface area contributed by atoms with Gasteiger partial charge in [-0.25, -0.2) is 0 Å². The Morgan fingerprint density at radius 2 is 1.70 bits per heavy atom. The molecule has 0 aromatic rings. The molecule has 2 aliphatic carbocycles. The zero-order valence-corrected chi connectivity index (χ0v) is 16.8. The lowest BCUT2D eigenvalue weighted by molar-refractivity contribution is -0.394. The van der Waals surface area contributed by atoms with Gasteiger partial charge >= 0.3 is 5.97 Å². The first-order valence-electron chi connectivity index (χ1n) is 10.0. The molecular formula is C20H30O7. The van der Waals surface area contributed by atoms with Crippen LogP contribution in [0.3, 0.4) is 0 Å². The number of rotatable bonds is 1. The summed E-state index contributed by atoms with van der Waals surface area (Å²) in [5.41, 5.74) is -1.46. The van der Waals surface area contributed by atoms with Crippen LogP contribution in [-0.2, 0) is 33.2 Å². The molecule has 5 aliphatic rings. The fraction of sp³-hybridized carbons (Fsp3) is 0.950. The Balaban J connectivity index is 1.60. The van der Waals surface area contributed by atoms with Gasteiger partial charge in [0.25, 0.3) is 0 Å². The van der Waals surface area contributed by atoms with E-state index in [1.807, 2.05) is 13.8 Å². The lowest BCUT2D eigenvalue weighted by Crippen LogP contribution is -2.79. The highest BCUT2D eigenvalue weighted by Crippen LogP contribution is 2.68. The predicted octanol–water partition coefficient (Wildman–Crippen LogP) is 2.16. The van der Waals surface area contributed by atoms with Crippen molar-refractivity contribution in [2.24, 2.45) is 11.3 Å². The summed E-state index contributed by atoms with van der Waals surface area (Å²) >= 11 is 0. The Labute approximate surface area is 159 Å². The number of esters is 1. The van der Waals surface area contributed by atoms with Crippen molar-refractivity contribution in [3.63, 3.8) is 0 Å². The summed E-state index contributed by atoms with van der Waals surface area (Å²) in [5.74, 6) is -1.65. The molecule has 0 aromatic carbocycles. The van der Waals surface area contributed by atoms with Crippen molar-refractivity contribution < 1.29 is 33.2 Å². The van der Waals surface area contributed by atoms with Crippen molar-refractivity contribution in [1.82, 2.24) is 0 Å². The van der Waals surface area contributed by atoms with Crippen LogP contribution in [0.25, 0.3) is 0 Å². The molecule has 27 heavy (non-hydrogen) atoms. The zero-order chi connectivity index (χ0) is 19.3. The molecule has 3 heterocycles. The minimum Gasteiger partial charge on any atom is -0.454 e. The molecule has 0 bridgehead atoms. The number of ether oxygens (including phenoxy) is 6. The summed E-state index contributed by atoms with van der Waals surface area (Å²) in [5, 5.41) is 0. The highest BCUT2D eigenvalue weighted by molar-refractivity contribution is 5.67. The summed E-state index contributed by atoms with van der Waals surface area (Å²) in [6.07, 6.45) is 1.73. The Morgan fingerprint density at radius 1 is 1.00 bits per heavy atom. The number of fused-ring (bicyclic) bond motifs is 5. The zero-order valence-electron chi connectivity index (χ0n) is 16.8. The maximum absolute atomic E-state index is 12.0. The molecule has 3 aliphatic heterocycles. The summed E-state index contributed by atoms with van der Waals surface area (Å²) in [4.78, 5) is 12.0. The monoisotopic (exact) mass is 382 g/mol. The van der Waals surface area contributed by atoms with E-state index in [2.05, 4.69) is 13.8 Å². The molecule has 6 atom stereocenters. The Hall–Kier alpha value is -0.730. The van der Waals surface area contributed by atoms with Gasteiger partial charge < -0.3 is 28.4 Å². The third kappa shape index (κ3) is 2.23. The molecule has 5 rings (SSSR count). The second kappa shape index (κ2) is 5.25. The van der Waals surface area contributed by atoms with Gasteiger partial charge in [-0.3, -0.25) is 4.79 Å². The fourth-order valence-electron chi connectivity index (χ4n) is 6.58. The largest absolute Gasteiger partial charge is 0.454 e. The molecule has 0 N–H and O–H groups in total. The quantitative estimate of drug-likeness (QED) is 0.644. The second-order valence-electron chi connectivity index (χ2n) is 9.80. The van der Waals surface area contributed by atoms with Crippen LogP contribution in [0.15, 0.2) is 0 Å². The molecule has 1 spiro atoms. The van der Waals surface area contributed by atoms with Gasteiger partial charge in [0.05, 0.1) is 31.5 Å². The standard InChI is InChI=1S/C20H30O7/c1-12(21)25-19-11-22-15(19)10-20(23-6-7-24-20)17(4)9-14-18(5,8-13(17)19)27-16(2,3)26-14/h13-15H,6-11H2,1-5H3/t13-,14+,15-,17+,18-,19-/m1/s1. The van der Waals surface area contributed by atoms with Crippen LogP contribution in [0.2, 0.25) is 0 Å². The average molecular weight is 382 g/mol. The highest BCUT2D eigenvalue weighted by atomic mass is 16.8. The molecule has 7 heteroatoms. The third-order valence-electron chi connectivity index (χ3n) is 7.63. The molecule has 0 unspecified atom stereocenters. The van der Waals surface area contributed by atoms with Crippen molar-refractivity contribution in [2.45, 2.75) is 88.9 Å². The van der Waals surface area contributed by atoms with E-state index < -0.39 is 22.8 Å². The van der Waals surface area contributed by atoms with Gasteiger partial charge in [-0.05, 0) is 33.6 Å². The molecule has 2 saturated carbocycles. The lowest BCUT2D eigenvalue weighted by Gasteiger charge is -2.68. The summed E-state index contributed by atoms with van der Waals surface area (Å²) < 4.78 is 37.0. The minimum atomic E-state index is -0.732. The van der Waals surface area contributed by atoms with Crippen LogP contribution in [0.1, 0.15) is 53.9 Å². The molecule has 5 fully saturated rings. The van der Waals surface area contributed by atoms with Gasteiger partial charge in [-0.1, -0.05) is 6.92 Å². The maximum atomic E-state index is 12.0. The van der Waals surface area contributed by atoms with Gasteiger partial charge in [0.15, 0.2) is 17.2 Å². The van der Waals surface area contributed by atoms with Gasteiger partial charge in [-0.15, -0.1) is 0 Å². The summed E-state index contributed by atoms with van der Waals surface area (Å²) in [7, 11) is 0. The predicted molar refractivity (Wildman–Crippen MR) is 92.8 cm³/mol. The van der Waals surface area contributed by atoms with E-state index in [-0.39, 0.29) is 29.5 Å². The number of carbonyl (C=O) groups is 1. The van der Waals surface area contributed by atoms with Crippen LogP contribution < -0.4 is 0 Å². The fourth-order valence-corrected chi connectivity index (χ4v) is 6.58. The maximum Gasteiger partial charge on any atom is 0.303 e. The number of hydrogen-bond acceptors (Lipinski definition) is 7. The third-order valence-corrected chi connectivity index (χ3v) is 7.63. The van der Waals surface area contributed by atoms with Crippen molar-refractivity contribution in [1.29, 1.82) is 0 Å². The molecule has 0 amide bonds. The molecule has 3 saturated heterocycles. The normalized spacial score (nSPS) is 51.8. The second-order valence-corrected chi connectivity index (χ2v) is 9.80. The smallest absolute Gasteiger partial charge is 0.303 e. The molecular weight excluding hydrogens is 352 g/mol. The van der Waals surface area contributed by atoms with Gasteiger partial charge in [0.2, 0.25) is 0 Å². The lowest BCUT2D eigenvalue weighted by atomic mass is 9.47. The molecule has 7 nitrogen and oxygen atoms in total. The minimum absolute atomic E-state index is 0.00162. The van der Waals surface area contributed by atoms with Crippen LogP contribution >= 0.6 is 0 Å². The highest BCUT2D eigenvalue weighted by Gasteiger charge is 2.78. The topological polar surface area (TPSA) is 72.5 Å². The van der Waals surface area contributed by atoms with Crippen LogP contribution in [0.5, 0.6) is 0 Å². The van der Waals surface area contributed by atoms with Crippen LogP contribution in [0.4, 0.5) is 0 Å². The van der Waals surface area contributed by atoms with E-state index in [0.717, 1.165) is 6.42 Å². The van der Waals surface area contributed by atoms with Crippen molar-refractivity contribution in [3.05, 3.63) is 0 Å². The molecule has 0 radical (unpaired) electrons. The van der Waals surface area contributed by atoms with Crippen molar-refractivity contribution >= 4 is 5.97 Å². The van der Waals surface area contributed by atoms with Crippen molar-refractivity contribution in [2.75, 3.05) is 19.8 Å². The van der Waals surface area contributed by atoms with Crippen LogP contribution in [0, 0.1) is 11.3 Å².